The zero-order valence-electron chi connectivity index (χ0n) is 12.4. The highest BCUT2D eigenvalue weighted by Gasteiger charge is 2.12. The maximum Gasteiger partial charge on any atom is 0.274 e. The maximum atomic E-state index is 12.3. The van der Waals surface area contributed by atoms with Crippen LogP contribution in [0.3, 0.4) is 0 Å². The monoisotopic (exact) mass is 320 g/mol. The summed E-state index contributed by atoms with van der Waals surface area (Å²) in [4.78, 5) is 20.5. The van der Waals surface area contributed by atoms with E-state index >= 15 is 0 Å². The highest BCUT2D eigenvalue weighted by atomic mass is 35.5. The Morgan fingerprint density at radius 1 is 1.36 bits per heavy atom. The number of amides is 1. The van der Waals surface area contributed by atoms with E-state index in [-0.39, 0.29) is 11.6 Å². The van der Waals surface area contributed by atoms with Gasteiger partial charge in [0.2, 0.25) is 5.95 Å². The molecule has 1 aromatic carbocycles. The van der Waals surface area contributed by atoms with E-state index in [1.807, 2.05) is 6.92 Å². The summed E-state index contributed by atoms with van der Waals surface area (Å²) in [5, 5.41) is 6.28. The number of aromatic nitrogens is 2. The molecule has 1 heterocycles. The summed E-state index contributed by atoms with van der Waals surface area (Å²) in [5.74, 6) is 0.589. The molecule has 2 rings (SSSR count). The van der Waals surface area contributed by atoms with Gasteiger partial charge in [0.25, 0.3) is 5.91 Å². The summed E-state index contributed by atoms with van der Waals surface area (Å²) in [6.07, 6.45) is 2.48. The Labute approximate surface area is 133 Å². The van der Waals surface area contributed by atoms with Crippen molar-refractivity contribution < 1.29 is 9.53 Å². The standard InChI is InChI=1S/C15H17ClN4O2/c1-3-7-17-15-18-8-6-11(20-15)14(21)19-12-9-10(16)4-5-13(12)22-2/h4-6,8-9H,3,7H2,1-2H3,(H,19,21)(H,17,18,20). The zero-order chi connectivity index (χ0) is 15.9. The van der Waals surface area contributed by atoms with Crippen molar-refractivity contribution in [1.82, 2.24) is 9.97 Å². The number of anilines is 2. The van der Waals surface area contributed by atoms with Crippen molar-refractivity contribution in [2.45, 2.75) is 13.3 Å². The molecular formula is C15H17ClN4O2. The van der Waals surface area contributed by atoms with Crippen LogP contribution in [-0.4, -0.2) is 29.5 Å². The van der Waals surface area contributed by atoms with Crippen LogP contribution in [0.25, 0.3) is 0 Å². The van der Waals surface area contributed by atoms with Crippen LogP contribution in [0.2, 0.25) is 5.02 Å². The van der Waals surface area contributed by atoms with Crippen LogP contribution in [0.4, 0.5) is 11.6 Å². The van der Waals surface area contributed by atoms with E-state index in [0.29, 0.717) is 22.4 Å². The van der Waals surface area contributed by atoms with Gasteiger partial charge in [0, 0.05) is 17.8 Å². The van der Waals surface area contributed by atoms with Gasteiger partial charge in [-0.1, -0.05) is 18.5 Å². The van der Waals surface area contributed by atoms with Gasteiger partial charge in [-0.15, -0.1) is 0 Å². The number of methoxy groups -OCH3 is 1. The van der Waals surface area contributed by atoms with Gasteiger partial charge in [0.15, 0.2) is 0 Å². The number of hydrogen-bond acceptors (Lipinski definition) is 5. The molecule has 6 nitrogen and oxygen atoms in total. The highest BCUT2D eigenvalue weighted by molar-refractivity contribution is 6.31. The second kappa shape index (κ2) is 7.61. The molecule has 0 unspecified atom stereocenters. The topological polar surface area (TPSA) is 76.1 Å². The van der Waals surface area contributed by atoms with Gasteiger partial charge in [-0.25, -0.2) is 9.97 Å². The fourth-order valence-corrected chi connectivity index (χ4v) is 1.94. The molecule has 2 N–H and O–H groups in total. The van der Waals surface area contributed by atoms with Gasteiger partial charge in [-0.05, 0) is 30.7 Å². The van der Waals surface area contributed by atoms with Crippen molar-refractivity contribution in [3.8, 4) is 5.75 Å². The molecule has 1 aromatic heterocycles. The van der Waals surface area contributed by atoms with E-state index in [9.17, 15) is 4.79 Å². The van der Waals surface area contributed by atoms with Crippen LogP contribution in [0.1, 0.15) is 23.8 Å². The van der Waals surface area contributed by atoms with Gasteiger partial charge >= 0.3 is 0 Å². The maximum absolute atomic E-state index is 12.3. The van der Waals surface area contributed by atoms with E-state index in [1.54, 1.807) is 24.3 Å². The van der Waals surface area contributed by atoms with Crippen molar-refractivity contribution in [3.63, 3.8) is 0 Å². The predicted octanol–water partition coefficient (Wildman–Crippen LogP) is 3.21. The lowest BCUT2D eigenvalue weighted by Crippen LogP contribution is -2.16. The van der Waals surface area contributed by atoms with E-state index in [0.717, 1.165) is 13.0 Å². The largest absolute Gasteiger partial charge is 0.495 e. The molecule has 0 aliphatic rings. The molecule has 0 atom stereocenters. The van der Waals surface area contributed by atoms with Crippen molar-refractivity contribution in [3.05, 3.63) is 41.2 Å². The summed E-state index contributed by atoms with van der Waals surface area (Å²) in [6.45, 7) is 2.78. The Morgan fingerprint density at radius 3 is 2.91 bits per heavy atom. The molecule has 7 heteroatoms. The number of ether oxygens (including phenoxy) is 1. The molecule has 0 aliphatic heterocycles. The number of carbonyl (C=O) groups is 1. The van der Waals surface area contributed by atoms with Gasteiger partial charge in [-0.2, -0.15) is 0 Å². The lowest BCUT2D eigenvalue weighted by Gasteiger charge is -2.10. The first-order chi connectivity index (χ1) is 10.6. The van der Waals surface area contributed by atoms with Crippen molar-refractivity contribution in [1.29, 1.82) is 0 Å². The third kappa shape index (κ3) is 4.08. The van der Waals surface area contributed by atoms with Crippen LogP contribution in [0, 0.1) is 0 Å². The number of halogens is 1. The smallest absolute Gasteiger partial charge is 0.274 e. The van der Waals surface area contributed by atoms with Crippen LogP contribution in [0.15, 0.2) is 30.5 Å². The lowest BCUT2D eigenvalue weighted by molar-refractivity contribution is 0.102. The Balaban J connectivity index is 2.17. The Morgan fingerprint density at radius 2 is 2.18 bits per heavy atom. The normalized spacial score (nSPS) is 10.1. The van der Waals surface area contributed by atoms with E-state index in [4.69, 9.17) is 16.3 Å². The highest BCUT2D eigenvalue weighted by Crippen LogP contribution is 2.27. The van der Waals surface area contributed by atoms with Gasteiger partial charge in [0.1, 0.15) is 11.4 Å². The number of benzene rings is 1. The summed E-state index contributed by atoms with van der Waals surface area (Å²) in [7, 11) is 1.52. The fraction of sp³-hybridized carbons (Fsp3) is 0.267. The molecule has 1 amide bonds. The summed E-state index contributed by atoms with van der Waals surface area (Å²) in [5.41, 5.74) is 0.748. The summed E-state index contributed by atoms with van der Waals surface area (Å²) >= 11 is 5.94. The van der Waals surface area contributed by atoms with Gasteiger partial charge in [0.05, 0.1) is 12.8 Å². The van der Waals surface area contributed by atoms with Crippen molar-refractivity contribution >= 4 is 29.1 Å². The summed E-state index contributed by atoms with van der Waals surface area (Å²) < 4.78 is 5.20. The molecule has 2 aromatic rings. The fourth-order valence-electron chi connectivity index (χ4n) is 1.77. The minimum atomic E-state index is -0.359. The van der Waals surface area contributed by atoms with E-state index in [1.165, 1.54) is 13.3 Å². The molecule has 0 saturated carbocycles. The molecule has 0 fully saturated rings. The molecule has 0 radical (unpaired) electrons. The molecule has 0 spiro atoms. The Bertz CT molecular complexity index is 664. The second-order valence-corrected chi connectivity index (χ2v) is 4.93. The molecule has 0 aliphatic carbocycles. The second-order valence-electron chi connectivity index (χ2n) is 4.49. The molecule has 22 heavy (non-hydrogen) atoms. The predicted molar refractivity (Wildman–Crippen MR) is 86.8 cm³/mol. The zero-order valence-corrected chi connectivity index (χ0v) is 13.1. The third-order valence-corrected chi connectivity index (χ3v) is 3.07. The van der Waals surface area contributed by atoms with Gasteiger partial charge < -0.3 is 15.4 Å². The van der Waals surface area contributed by atoms with E-state index < -0.39 is 0 Å². The van der Waals surface area contributed by atoms with Crippen LogP contribution in [0.5, 0.6) is 5.75 Å². The van der Waals surface area contributed by atoms with Crippen molar-refractivity contribution in [2.75, 3.05) is 24.3 Å². The molecule has 0 bridgehead atoms. The average Bonchev–Trinajstić information content (AvgIpc) is 2.53. The van der Waals surface area contributed by atoms with Gasteiger partial charge in [-0.3, -0.25) is 4.79 Å². The SMILES string of the molecule is CCCNc1nccc(C(=O)Nc2cc(Cl)ccc2OC)n1. The Kier molecular flexibility index (Phi) is 5.55. The number of carbonyl (C=O) groups excluding carboxylic acids is 1. The quantitative estimate of drug-likeness (QED) is 0.854. The van der Waals surface area contributed by atoms with E-state index in [2.05, 4.69) is 20.6 Å². The number of nitrogens with zero attached hydrogens (tertiary/aromatic N) is 2. The lowest BCUT2D eigenvalue weighted by atomic mass is 10.2. The van der Waals surface area contributed by atoms with Crippen LogP contribution in [-0.2, 0) is 0 Å². The third-order valence-electron chi connectivity index (χ3n) is 2.83. The number of rotatable bonds is 6. The molecule has 116 valence electrons. The van der Waals surface area contributed by atoms with Crippen LogP contribution >= 0.6 is 11.6 Å². The molecule has 0 saturated heterocycles. The number of nitrogens with one attached hydrogen (secondary N) is 2. The first-order valence-corrected chi connectivity index (χ1v) is 7.23. The van der Waals surface area contributed by atoms with Crippen molar-refractivity contribution in [2.24, 2.45) is 0 Å². The summed E-state index contributed by atoms with van der Waals surface area (Å²) in [6, 6.07) is 6.54. The minimum absolute atomic E-state index is 0.260. The molecular weight excluding hydrogens is 304 g/mol. The minimum Gasteiger partial charge on any atom is -0.495 e. The number of hydrogen-bond donors (Lipinski definition) is 2. The first-order valence-electron chi connectivity index (χ1n) is 6.86. The Hall–Kier alpha value is -2.34. The van der Waals surface area contributed by atoms with Crippen LogP contribution < -0.4 is 15.4 Å². The first kappa shape index (κ1) is 16.0. The average molecular weight is 321 g/mol.